The maximum absolute atomic E-state index is 6.36. The molecule has 0 radical (unpaired) electrons. The van der Waals surface area contributed by atoms with Gasteiger partial charge in [-0.15, -0.1) is 0 Å². The molecule has 0 saturated carbocycles. The SMILES string of the molecule is COc1cc([C@@H]2OC[C@@H]3[C@H]2CO[C@H]3c2ccc(OCc3ccccc3)c(OC)c2)ccc1OCc1ccccc1. The summed E-state index contributed by atoms with van der Waals surface area (Å²) in [6, 6.07) is 32.4. The van der Waals surface area contributed by atoms with Crippen LogP contribution in [0.15, 0.2) is 97.1 Å². The molecule has 0 aromatic heterocycles. The molecule has 0 bridgehead atoms. The van der Waals surface area contributed by atoms with Gasteiger partial charge in [-0.25, -0.2) is 0 Å². The number of fused-ring (bicyclic) bond motifs is 1. The average Bonchev–Trinajstić information content (AvgIpc) is 3.63. The lowest BCUT2D eigenvalue weighted by Crippen LogP contribution is -2.14. The Balaban J connectivity index is 1.13. The summed E-state index contributed by atoms with van der Waals surface area (Å²) in [6.07, 6.45) is -0.134. The van der Waals surface area contributed by atoms with E-state index in [9.17, 15) is 0 Å². The van der Waals surface area contributed by atoms with Crippen LogP contribution in [0.1, 0.15) is 34.5 Å². The van der Waals surface area contributed by atoms with Crippen LogP contribution < -0.4 is 18.9 Å². The second-order valence-corrected chi connectivity index (χ2v) is 10.2. The number of hydrogen-bond donors (Lipinski definition) is 0. The third-order valence-electron chi connectivity index (χ3n) is 7.77. The van der Waals surface area contributed by atoms with Crippen molar-refractivity contribution in [3.05, 3.63) is 119 Å². The predicted molar refractivity (Wildman–Crippen MR) is 152 cm³/mol. The lowest BCUT2D eigenvalue weighted by molar-refractivity contribution is 0.0191. The number of rotatable bonds is 10. The van der Waals surface area contributed by atoms with Gasteiger partial charge in [0.2, 0.25) is 0 Å². The highest BCUT2D eigenvalue weighted by Gasteiger charge is 2.48. The van der Waals surface area contributed by atoms with Crippen molar-refractivity contribution < 1.29 is 28.4 Å². The van der Waals surface area contributed by atoms with Crippen molar-refractivity contribution in [2.24, 2.45) is 11.8 Å². The lowest BCUT2D eigenvalue weighted by atomic mass is 9.85. The minimum atomic E-state index is -0.0672. The molecule has 0 aliphatic carbocycles. The zero-order valence-electron chi connectivity index (χ0n) is 22.8. The Morgan fingerprint density at radius 1 is 0.550 bits per heavy atom. The molecule has 2 aliphatic heterocycles. The summed E-state index contributed by atoms with van der Waals surface area (Å²) in [5, 5.41) is 0. The molecular weight excluding hydrogens is 504 g/mol. The number of ether oxygens (including phenoxy) is 6. The molecule has 4 aromatic rings. The Hall–Kier alpha value is -4.00. The van der Waals surface area contributed by atoms with Crippen LogP contribution in [0.4, 0.5) is 0 Å². The molecule has 0 spiro atoms. The first-order chi connectivity index (χ1) is 19.7. The summed E-state index contributed by atoms with van der Waals surface area (Å²) in [5.41, 5.74) is 4.36. The van der Waals surface area contributed by atoms with Crippen LogP contribution in [-0.4, -0.2) is 27.4 Å². The molecule has 206 valence electrons. The molecule has 0 amide bonds. The van der Waals surface area contributed by atoms with Gasteiger partial charge in [-0.3, -0.25) is 0 Å². The van der Waals surface area contributed by atoms with Crippen LogP contribution in [0.5, 0.6) is 23.0 Å². The molecule has 0 N–H and O–H groups in total. The van der Waals surface area contributed by atoms with E-state index in [2.05, 4.69) is 12.1 Å². The van der Waals surface area contributed by atoms with Crippen LogP contribution >= 0.6 is 0 Å². The number of benzene rings is 4. The van der Waals surface area contributed by atoms with Crippen LogP contribution in [0.25, 0.3) is 0 Å². The highest BCUT2D eigenvalue weighted by molar-refractivity contribution is 5.46. The molecule has 4 aromatic carbocycles. The average molecular weight is 539 g/mol. The number of hydrogen-bond acceptors (Lipinski definition) is 6. The number of methoxy groups -OCH3 is 2. The van der Waals surface area contributed by atoms with E-state index in [1.807, 2.05) is 84.9 Å². The Bertz CT molecular complexity index is 1300. The van der Waals surface area contributed by atoms with Gasteiger partial charge < -0.3 is 28.4 Å². The molecule has 40 heavy (non-hydrogen) atoms. The maximum Gasteiger partial charge on any atom is 0.161 e. The van der Waals surface area contributed by atoms with Crippen molar-refractivity contribution >= 4 is 0 Å². The van der Waals surface area contributed by atoms with Crippen LogP contribution in [0.2, 0.25) is 0 Å². The van der Waals surface area contributed by atoms with Gasteiger partial charge >= 0.3 is 0 Å². The zero-order chi connectivity index (χ0) is 27.3. The van der Waals surface area contributed by atoms with Crippen molar-refractivity contribution in [3.8, 4) is 23.0 Å². The largest absolute Gasteiger partial charge is 0.493 e. The minimum absolute atomic E-state index is 0.0672. The third-order valence-corrected chi connectivity index (χ3v) is 7.77. The molecule has 2 saturated heterocycles. The van der Waals surface area contributed by atoms with Crippen molar-refractivity contribution in [1.29, 1.82) is 0 Å². The standard InChI is InChI=1S/C34H34O6/c1-35-31-17-25(13-15-29(31)37-19-23-9-5-3-6-10-23)33-27-21-40-34(28(27)22-39-33)26-14-16-30(32(18-26)36-2)38-20-24-11-7-4-8-12-24/h3-18,27-28,33-34H,19-22H2,1-2H3/t27-,28-,33+,34+/m1/s1. The van der Waals surface area contributed by atoms with Gasteiger partial charge in [0.25, 0.3) is 0 Å². The van der Waals surface area contributed by atoms with E-state index in [1.54, 1.807) is 14.2 Å². The topological polar surface area (TPSA) is 55.4 Å². The van der Waals surface area contributed by atoms with Crippen molar-refractivity contribution in [1.82, 2.24) is 0 Å². The Morgan fingerprint density at radius 3 is 1.38 bits per heavy atom. The third kappa shape index (κ3) is 5.51. The summed E-state index contributed by atoms with van der Waals surface area (Å²) >= 11 is 0. The van der Waals surface area contributed by atoms with Crippen LogP contribution in [0.3, 0.4) is 0 Å². The molecule has 6 heteroatoms. The minimum Gasteiger partial charge on any atom is -0.493 e. The van der Waals surface area contributed by atoms with Gasteiger partial charge in [0, 0.05) is 11.8 Å². The monoisotopic (exact) mass is 538 g/mol. The highest BCUT2D eigenvalue weighted by Crippen LogP contribution is 2.51. The van der Waals surface area contributed by atoms with Gasteiger partial charge in [-0.05, 0) is 46.5 Å². The molecule has 6 rings (SSSR count). The summed E-state index contributed by atoms with van der Waals surface area (Å²) in [7, 11) is 3.34. The van der Waals surface area contributed by atoms with Gasteiger partial charge in [0.05, 0.1) is 39.6 Å². The van der Waals surface area contributed by atoms with E-state index < -0.39 is 0 Å². The summed E-state index contributed by atoms with van der Waals surface area (Å²) in [4.78, 5) is 0. The van der Waals surface area contributed by atoms with Gasteiger partial charge in [0.15, 0.2) is 23.0 Å². The van der Waals surface area contributed by atoms with Crippen molar-refractivity contribution in [2.75, 3.05) is 27.4 Å². The van der Waals surface area contributed by atoms with E-state index in [4.69, 9.17) is 28.4 Å². The van der Waals surface area contributed by atoms with Crippen LogP contribution in [0, 0.1) is 11.8 Å². The fourth-order valence-electron chi connectivity index (χ4n) is 5.67. The lowest BCUT2D eigenvalue weighted by Gasteiger charge is -2.19. The highest BCUT2D eigenvalue weighted by atomic mass is 16.5. The zero-order valence-corrected chi connectivity index (χ0v) is 22.8. The molecule has 0 unspecified atom stereocenters. The molecular formula is C34H34O6. The molecule has 6 nitrogen and oxygen atoms in total. The Labute approximate surface area is 235 Å². The van der Waals surface area contributed by atoms with Gasteiger partial charge in [-0.2, -0.15) is 0 Å². The van der Waals surface area contributed by atoms with Crippen molar-refractivity contribution in [2.45, 2.75) is 25.4 Å². The summed E-state index contributed by atoms with van der Waals surface area (Å²) in [5.74, 6) is 3.31. The Kier molecular flexibility index (Phi) is 7.89. The first kappa shape index (κ1) is 26.2. The fourth-order valence-corrected chi connectivity index (χ4v) is 5.67. The smallest absolute Gasteiger partial charge is 0.161 e. The molecule has 2 aliphatic rings. The second-order valence-electron chi connectivity index (χ2n) is 10.2. The summed E-state index contributed by atoms with van der Waals surface area (Å²) < 4.78 is 36.2. The molecule has 2 heterocycles. The van der Waals surface area contributed by atoms with E-state index >= 15 is 0 Å². The maximum atomic E-state index is 6.36. The first-order valence-electron chi connectivity index (χ1n) is 13.7. The normalized spacial score (nSPS) is 21.6. The first-order valence-corrected chi connectivity index (χ1v) is 13.7. The van der Waals surface area contributed by atoms with E-state index in [1.165, 1.54) is 0 Å². The van der Waals surface area contributed by atoms with E-state index in [-0.39, 0.29) is 24.0 Å². The van der Waals surface area contributed by atoms with Crippen LogP contribution in [-0.2, 0) is 22.7 Å². The molecule has 2 fully saturated rings. The molecule has 4 atom stereocenters. The van der Waals surface area contributed by atoms with Gasteiger partial charge in [-0.1, -0.05) is 72.8 Å². The summed E-state index contributed by atoms with van der Waals surface area (Å²) in [6.45, 7) is 2.22. The van der Waals surface area contributed by atoms with E-state index in [0.29, 0.717) is 49.4 Å². The Morgan fingerprint density at radius 2 is 0.975 bits per heavy atom. The predicted octanol–water partition coefficient (Wildman–Crippen LogP) is 6.94. The van der Waals surface area contributed by atoms with E-state index in [0.717, 1.165) is 22.3 Å². The van der Waals surface area contributed by atoms with Crippen molar-refractivity contribution in [3.63, 3.8) is 0 Å². The van der Waals surface area contributed by atoms with Gasteiger partial charge in [0.1, 0.15) is 13.2 Å². The fraction of sp³-hybridized carbons (Fsp3) is 0.294. The second kappa shape index (κ2) is 12.0. The quantitative estimate of drug-likeness (QED) is 0.218.